The molecule has 1 saturated heterocycles. The third kappa shape index (κ3) is 9.55. The van der Waals surface area contributed by atoms with E-state index in [2.05, 4.69) is 9.71 Å². The van der Waals surface area contributed by atoms with Gasteiger partial charge in [0.25, 0.3) is 0 Å². The number of ether oxygens (including phenoxy) is 3. The minimum absolute atomic E-state index is 0.0419. The average Bonchev–Trinajstić information content (AvgIpc) is 3.91. The van der Waals surface area contributed by atoms with E-state index in [0.717, 1.165) is 16.3 Å². The summed E-state index contributed by atoms with van der Waals surface area (Å²) in [6, 6.07) is 6.77. The molecule has 1 aliphatic heterocycles. The maximum atomic E-state index is 14.6. The van der Waals surface area contributed by atoms with Crippen LogP contribution in [0.25, 0.3) is 10.8 Å². The molecule has 14 heteroatoms. The van der Waals surface area contributed by atoms with Crippen LogP contribution < -0.4 is 9.46 Å². The zero-order valence-corrected chi connectivity index (χ0v) is 33.3. The number of amides is 2. The number of hydrogen-bond acceptors (Lipinski definition) is 11. The number of likely N-dealkylation sites (tertiary alicyclic amines) is 1. The predicted molar refractivity (Wildman–Crippen MR) is 197 cm³/mol. The third-order valence-electron chi connectivity index (χ3n) is 10.6. The van der Waals surface area contributed by atoms with E-state index in [0.29, 0.717) is 31.6 Å². The molecule has 2 amide bonds. The first kappa shape index (κ1) is 40.6. The summed E-state index contributed by atoms with van der Waals surface area (Å²) in [6.45, 7) is 14.8. The maximum absolute atomic E-state index is 14.6. The van der Waals surface area contributed by atoms with E-state index in [4.69, 9.17) is 18.4 Å². The normalized spacial score (nSPS) is 24.4. The molecular formula is C39H55N3O10S. The van der Waals surface area contributed by atoms with Crippen molar-refractivity contribution in [3.8, 4) is 5.88 Å². The van der Waals surface area contributed by atoms with Crippen molar-refractivity contribution in [3.63, 3.8) is 0 Å². The van der Waals surface area contributed by atoms with Gasteiger partial charge >= 0.3 is 16.3 Å². The summed E-state index contributed by atoms with van der Waals surface area (Å²) in [4.78, 5) is 61.8. The van der Waals surface area contributed by atoms with E-state index in [1.165, 1.54) is 12.0 Å². The number of nitrogens with zero attached hydrogens (tertiary/aromatic N) is 2. The molecule has 1 N–H and O–H groups in total. The molecule has 53 heavy (non-hydrogen) atoms. The minimum Gasteiger partial charge on any atom is -0.472 e. The Balaban J connectivity index is 1.42. The van der Waals surface area contributed by atoms with Gasteiger partial charge in [-0.1, -0.05) is 51.8 Å². The fraction of sp³-hybridized carbons (Fsp3) is 0.667. The zero-order chi connectivity index (χ0) is 39.1. The number of Topliss-reactive ketones (excluding diaryl/α,β-unsaturated/α-hetero) is 1. The van der Waals surface area contributed by atoms with Gasteiger partial charge in [0.2, 0.25) is 17.7 Å². The molecule has 2 aromatic rings. The van der Waals surface area contributed by atoms with Crippen LogP contribution >= 0.6 is 0 Å². The number of hydrogen-bond donors (Lipinski definition) is 1. The number of pyridine rings is 1. The number of aromatic nitrogens is 1. The van der Waals surface area contributed by atoms with Crippen molar-refractivity contribution in [3.05, 3.63) is 36.0 Å². The third-order valence-corrected chi connectivity index (χ3v) is 11.6. The summed E-state index contributed by atoms with van der Waals surface area (Å²) in [5, 5.41) is 1.71. The Morgan fingerprint density at radius 3 is 2.36 bits per heavy atom. The predicted octanol–water partition coefficient (Wildman–Crippen LogP) is 5.22. The highest BCUT2D eigenvalue weighted by Crippen LogP contribution is 2.58. The van der Waals surface area contributed by atoms with Crippen LogP contribution in [0.3, 0.4) is 0 Å². The highest BCUT2D eigenvalue weighted by molar-refractivity contribution is 7.85. The lowest BCUT2D eigenvalue weighted by atomic mass is 9.77. The summed E-state index contributed by atoms with van der Waals surface area (Å²) >= 11 is 0. The van der Waals surface area contributed by atoms with Crippen molar-refractivity contribution in [2.24, 2.45) is 22.7 Å². The number of benzene rings is 1. The maximum Gasteiger partial charge on any atom is 0.362 e. The number of fused-ring (bicyclic) bond motifs is 1. The molecule has 292 valence electrons. The van der Waals surface area contributed by atoms with Gasteiger partial charge in [-0.15, -0.1) is 0 Å². The fourth-order valence-corrected chi connectivity index (χ4v) is 8.66. The molecule has 0 spiro atoms. The second-order valence-electron chi connectivity index (χ2n) is 17.2. The van der Waals surface area contributed by atoms with Gasteiger partial charge in [0.05, 0.1) is 36.9 Å². The van der Waals surface area contributed by atoms with Crippen molar-refractivity contribution in [1.29, 1.82) is 0 Å². The first-order valence-electron chi connectivity index (χ1n) is 18.4. The van der Waals surface area contributed by atoms with E-state index in [1.54, 1.807) is 27.0 Å². The Morgan fingerprint density at radius 1 is 1.08 bits per heavy atom. The Labute approximate surface area is 313 Å². The molecule has 0 bridgehead atoms. The average molecular weight is 758 g/mol. The Morgan fingerprint density at radius 2 is 1.77 bits per heavy atom. The number of esters is 1. The molecule has 2 aliphatic carbocycles. The van der Waals surface area contributed by atoms with Gasteiger partial charge in [0.1, 0.15) is 17.3 Å². The Hall–Kier alpha value is -3.62. The molecule has 3 fully saturated rings. The quantitative estimate of drug-likeness (QED) is 0.237. The lowest BCUT2D eigenvalue weighted by Gasteiger charge is -2.35. The van der Waals surface area contributed by atoms with Gasteiger partial charge in [-0.05, 0) is 75.8 Å². The van der Waals surface area contributed by atoms with Crippen molar-refractivity contribution < 1.29 is 46.0 Å². The molecule has 5 rings (SSSR count). The monoisotopic (exact) mass is 757 g/mol. The van der Waals surface area contributed by atoms with Crippen LogP contribution in [-0.2, 0) is 43.1 Å². The number of carbonyl (C=O) groups is 4. The lowest BCUT2D eigenvalue weighted by molar-refractivity contribution is -0.161. The van der Waals surface area contributed by atoms with Crippen molar-refractivity contribution >= 4 is 44.6 Å². The molecule has 2 heterocycles. The summed E-state index contributed by atoms with van der Waals surface area (Å²) in [6.07, 6.45) is 2.46. The van der Waals surface area contributed by atoms with E-state index in [-0.39, 0.29) is 38.3 Å². The lowest BCUT2D eigenvalue weighted by Crippen LogP contribution is -2.49. The van der Waals surface area contributed by atoms with Gasteiger partial charge in [0, 0.05) is 31.5 Å². The van der Waals surface area contributed by atoms with Crippen molar-refractivity contribution in [2.45, 2.75) is 124 Å². The van der Waals surface area contributed by atoms with Crippen LogP contribution in [-0.4, -0.2) is 85.5 Å². The van der Waals surface area contributed by atoms with Gasteiger partial charge in [-0.3, -0.25) is 19.2 Å². The highest BCUT2D eigenvalue weighted by atomic mass is 32.2. The fourth-order valence-electron chi connectivity index (χ4n) is 7.51. The van der Waals surface area contributed by atoms with Gasteiger partial charge < -0.3 is 19.1 Å². The molecule has 2 saturated carbocycles. The van der Waals surface area contributed by atoms with Crippen LogP contribution in [0, 0.1) is 29.6 Å². The summed E-state index contributed by atoms with van der Waals surface area (Å²) in [7, 11) is -3.05. The SMILES string of the molecule is CC[C@@H]1C[C@]1(CC(=O)[C@@H]1C[C@@H](Oc2nccc3cc(C)ccc23)CN1C(=O)[C@@H](CC(=O)OC(C)(C)C)C(C)(C)C)C(=O)NS(=O)(=O)OC1(COC)CC1. The van der Waals surface area contributed by atoms with E-state index in [9.17, 15) is 27.6 Å². The van der Waals surface area contributed by atoms with E-state index in [1.807, 2.05) is 58.9 Å². The largest absolute Gasteiger partial charge is 0.472 e. The van der Waals surface area contributed by atoms with Gasteiger partial charge in [0.15, 0.2) is 5.78 Å². The summed E-state index contributed by atoms with van der Waals surface area (Å²) < 4.78 is 50.5. The number of ketones is 1. The first-order chi connectivity index (χ1) is 24.6. The number of methoxy groups -OCH3 is 1. The number of rotatable bonds is 15. The van der Waals surface area contributed by atoms with Crippen molar-refractivity contribution in [2.75, 3.05) is 20.3 Å². The van der Waals surface area contributed by atoms with E-state index < -0.39 is 74.0 Å². The highest BCUT2D eigenvalue weighted by Gasteiger charge is 2.62. The second-order valence-corrected chi connectivity index (χ2v) is 18.5. The number of carbonyl (C=O) groups excluding carboxylic acids is 4. The molecule has 5 atom stereocenters. The topological polar surface area (TPSA) is 167 Å². The standard InChI is InChI=1S/C39H55N3O10S/c1-10-26-20-39(26,35(46)41-53(47,48)52-38(14-15-38)23-49-9)21-31(43)30-18-27(50-33-28-12-11-24(2)17-25(28)13-16-40-33)22-42(30)34(45)29(36(3,4)5)19-32(44)51-37(6,7)8/h11-13,16-17,26-27,29-30H,10,14-15,18-23H2,1-9H3,(H,41,46)/t26-,27-,29-,30+,39-/m1/s1. The van der Waals surface area contributed by atoms with Crippen LogP contribution in [0.2, 0.25) is 0 Å². The molecular weight excluding hydrogens is 703 g/mol. The number of aryl methyl sites for hydroxylation is 1. The number of nitrogens with one attached hydrogen (secondary N) is 1. The molecule has 13 nitrogen and oxygen atoms in total. The van der Waals surface area contributed by atoms with Gasteiger partial charge in [-0.2, -0.15) is 8.42 Å². The smallest absolute Gasteiger partial charge is 0.362 e. The van der Waals surface area contributed by atoms with Crippen LogP contribution in [0.1, 0.15) is 99.0 Å². The first-order valence-corrected chi connectivity index (χ1v) is 19.9. The van der Waals surface area contributed by atoms with Crippen LogP contribution in [0.4, 0.5) is 0 Å². The van der Waals surface area contributed by atoms with E-state index >= 15 is 0 Å². The minimum atomic E-state index is -4.49. The molecule has 0 radical (unpaired) electrons. The molecule has 0 unspecified atom stereocenters. The molecule has 1 aromatic carbocycles. The summed E-state index contributed by atoms with van der Waals surface area (Å²) in [5.74, 6) is -2.84. The van der Waals surface area contributed by atoms with Crippen molar-refractivity contribution in [1.82, 2.24) is 14.6 Å². The van der Waals surface area contributed by atoms with Crippen LogP contribution in [0.5, 0.6) is 5.88 Å². The van der Waals surface area contributed by atoms with Crippen LogP contribution in [0.15, 0.2) is 30.5 Å². The molecule has 1 aromatic heterocycles. The Kier molecular flexibility index (Phi) is 11.4. The zero-order valence-electron chi connectivity index (χ0n) is 32.4. The Bertz CT molecular complexity index is 1850. The summed E-state index contributed by atoms with van der Waals surface area (Å²) in [5.41, 5.74) is -2.66. The van der Waals surface area contributed by atoms with Gasteiger partial charge in [-0.25, -0.2) is 13.9 Å². The molecule has 3 aliphatic rings. The second kappa shape index (κ2) is 14.9.